The number of benzene rings is 2. The number of anilines is 2. The summed E-state index contributed by atoms with van der Waals surface area (Å²) in [5.74, 6) is 0.194. The molecule has 25 heavy (non-hydrogen) atoms. The normalized spacial score (nSPS) is 10.5. The van der Waals surface area contributed by atoms with Crippen LogP contribution in [0.1, 0.15) is 15.9 Å². The highest BCUT2D eigenvalue weighted by molar-refractivity contribution is 5.98. The highest BCUT2D eigenvalue weighted by atomic mass is 16.5. The van der Waals surface area contributed by atoms with Gasteiger partial charge >= 0.3 is 5.97 Å². The molecule has 0 aliphatic rings. The molecule has 0 saturated heterocycles. The van der Waals surface area contributed by atoms with Gasteiger partial charge in [0.05, 0.1) is 31.0 Å². The van der Waals surface area contributed by atoms with Crippen LogP contribution in [0.5, 0.6) is 11.5 Å². The summed E-state index contributed by atoms with van der Waals surface area (Å²) in [7, 11) is 2.95. The number of hydrogen-bond donors (Lipinski definition) is 2. The number of rotatable bonds is 5. The summed E-state index contributed by atoms with van der Waals surface area (Å²) in [5.41, 5.74) is 2.22. The van der Waals surface area contributed by atoms with Crippen molar-refractivity contribution in [3.05, 3.63) is 47.8 Å². The van der Waals surface area contributed by atoms with Crippen molar-refractivity contribution in [2.75, 3.05) is 19.5 Å². The van der Waals surface area contributed by atoms with Gasteiger partial charge in [0, 0.05) is 17.5 Å². The molecule has 0 aliphatic heterocycles. The van der Waals surface area contributed by atoms with E-state index in [9.17, 15) is 9.90 Å². The zero-order valence-electron chi connectivity index (χ0n) is 14.0. The van der Waals surface area contributed by atoms with Crippen molar-refractivity contribution in [1.29, 1.82) is 0 Å². The Hall–Kier alpha value is -3.35. The number of carboxylic acid groups (broad SMARTS) is 1. The molecule has 7 heteroatoms. The number of fused-ring (bicyclic) bond motifs is 1. The summed E-state index contributed by atoms with van der Waals surface area (Å²) in [6, 6.07) is 8.78. The fourth-order valence-corrected chi connectivity index (χ4v) is 2.56. The van der Waals surface area contributed by atoms with Crippen LogP contribution in [-0.4, -0.2) is 35.3 Å². The monoisotopic (exact) mass is 339 g/mol. The first-order valence-corrected chi connectivity index (χ1v) is 7.51. The number of methoxy groups -OCH3 is 2. The van der Waals surface area contributed by atoms with E-state index in [4.69, 9.17) is 9.47 Å². The Labute approximate surface area is 144 Å². The minimum atomic E-state index is -1.09. The first-order chi connectivity index (χ1) is 12.0. The molecule has 7 nitrogen and oxygen atoms in total. The molecule has 2 N–H and O–H groups in total. The molecule has 0 aliphatic carbocycles. The van der Waals surface area contributed by atoms with E-state index >= 15 is 0 Å². The van der Waals surface area contributed by atoms with Crippen LogP contribution in [0.25, 0.3) is 10.9 Å². The van der Waals surface area contributed by atoms with Crippen LogP contribution in [0.2, 0.25) is 0 Å². The van der Waals surface area contributed by atoms with E-state index < -0.39 is 5.97 Å². The lowest BCUT2D eigenvalue weighted by atomic mass is 10.1. The van der Waals surface area contributed by atoms with Gasteiger partial charge in [0.15, 0.2) is 11.5 Å². The standard InChI is InChI=1S/C18H17N3O4/c1-10-4-5-13-11(6-10)17(20-9-19-13)21-14-8-16(25-3)15(24-2)7-12(14)18(22)23/h4-9H,1-3H3,(H,22,23)(H,19,20,21). The number of aromatic nitrogens is 2. The molecule has 0 radical (unpaired) electrons. The lowest BCUT2D eigenvalue weighted by molar-refractivity contribution is 0.0697. The highest BCUT2D eigenvalue weighted by Gasteiger charge is 2.17. The van der Waals surface area contributed by atoms with Gasteiger partial charge in [0.2, 0.25) is 0 Å². The predicted octanol–water partition coefficient (Wildman–Crippen LogP) is 3.40. The summed E-state index contributed by atoms with van der Waals surface area (Å²) in [6.07, 6.45) is 1.43. The molecular formula is C18H17N3O4. The fourth-order valence-electron chi connectivity index (χ4n) is 2.56. The zero-order chi connectivity index (χ0) is 18.0. The molecule has 1 heterocycles. The average Bonchev–Trinajstić information content (AvgIpc) is 2.61. The molecule has 0 bridgehead atoms. The Bertz CT molecular complexity index is 956. The SMILES string of the molecule is COc1cc(Nc2ncnc3ccc(C)cc23)c(C(=O)O)cc1OC. The number of ether oxygens (including phenoxy) is 2. The van der Waals surface area contributed by atoms with Crippen molar-refractivity contribution >= 4 is 28.4 Å². The van der Waals surface area contributed by atoms with Crippen LogP contribution < -0.4 is 14.8 Å². The van der Waals surface area contributed by atoms with Crippen molar-refractivity contribution in [2.24, 2.45) is 0 Å². The molecule has 0 saturated carbocycles. The number of hydrogen-bond acceptors (Lipinski definition) is 6. The molecule has 0 unspecified atom stereocenters. The zero-order valence-corrected chi connectivity index (χ0v) is 14.0. The first-order valence-electron chi connectivity index (χ1n) is 7.51. The van der Waals surface area contributed by atoms with Crippen LogP contribution in [0.4, 0.5) is 11.5 Å². The molecule has 3 aromatic rings. The van der Waals surface area contributed by atoms with Crippen LogP contribution in [0, 0.1) is 6.92 Å². The third-order valence-corrected chi connectivity index (χ3v) is 3.80. The Morgan fingerprint density at radius 1 is 1.08 bits per heavy atom. The Morgan fingerprint density at radius 3 is 2.48 bits per heavy atom. The minimum absolute atomic E-state index is 0.0528. The van der Waals surface area contributed by atoms with Gasteiger partial charge in [-0.1, -0.05) is 11.6 Å². The quantitative estimate of drug-likeness (QED) is 0.736. The van der Waals surface area contributed by atoms with Crippen LogP contribution in [0.3, 0.4) is 0 Å². The van der Waals surface area contributed by atoms with Gasteiger partial charge in [-0.3, -0.25) is 0 Å². The lowest BCUT2D eigenvalue weighted by Gasteiger charge is -2.15. The maximum atomic E-state index is 11.6. The van der Waals surface area contributed by atoms with Gasteiger partial charge in [-0.2, -0.15) is 0 Å². The third-order valence-electron chi connectivity index (χ3n) is 3.80. The van der Waals surface area contributed by atoms with E-state index in [0.29, 0.717) is 23.0 Å². The van der Waals surface area contributed by atoms with E-state index in [2.05, 4.69) is 15.3 Å². The minimum Gasteiger partial charge on any atom is -0.493 e. The maximum absolute atomic E-state index is 11.6. The maximum Gasteiger partial charge on any atom is 0.337 e. The molecule has 3 rings (SSSR count). The predicted molar refractivity (Wildman–Crippen MR) is 94.1 cm³/mol. The van der Waals surface area contributed by atoms with Crippen molar-refractivity contribution in [3.8, 4) is 11.5 Å². The summed E-state index contributed by atoms with van der Waals surface area (Å²) < 4.78 is 10.4. The van der Waals surface area contributed by atoms with E-state index in [1.807, 2.05) is 25.1 Å². The molecule has 0 fully saturated rings. The number of nitrogens with one attached hydrogen (secondary N) is 1. The largest absolute Gasteiger partial charge is 0.493 e. The van der Waals surface area contributed by atoms with Crippen LogP contribution >= 0.6 is 0 Å². The van der Waals surface area contributed by atoms with E-state index in [1.54, 1.807) is 6.07 Å². The van der Waals surface area contributed by atoms with Gasteiger partial charge in [0.25, 0.3) is 0 Å². The van der Waals surface area contributed by atoms with E-state index in [-0.39, 0.29) is 5.56 Å². The second-order valence-corrected chi connectivity index (χ2v) is 5.43. The number of aromatic carboxylic acids is 1. The second kappa shape index (κ2) is 6.64. The van der Waals surface area contributed by atoms with Gasteiger partial charge < -0.3 is 19.9 Å². The number of nitrogens with zero attached hydrogens (tertiary/aromatic N) is 2. The van der Waals surface area contributed by atoms with Gasteiger partial charge in [-0.25, -0.2) is 14.8 Å². The number of carboxylic acids is 1. The van der Waals surface area contributed by atoms with Gasteiger partial charge in [-0.05, 0) is 19.1 Å². The van der Waals surface area contributed by atoms with Crippen molar-refractivity contribution in [1.82, 2.24) is 9.97 Å². The third kappa shape index (κ3) is 3.16. The van der Waals surface area contributed by atoms with Crippen LogP contribution in [-0.2, 0) is 0 Å². The van der Waals surface area contributed by atoms with Crippen molar-refractivity contribution in [3.63, 3.8) is 0 Å². The molecule has 0 spiro atoms. The van der Waals surface area contributed by atoms with Crippen molar-refractivity contribution < 1.29 is 19.4 Å². The number of carbonyl (C=O) groups is 1. The smallest absolute Gasteiger partial charge is 0.337 e. The average molecular weight is 339 g/mol. The molecule has 128 valence electrons. The summed E-state index contributed by atoms with van der Waals surface area (Å²) in [4.78, 5) is 20.1. The molecule has 2 aromatic carbocycles. The van der Waals surface area contributed by atoms with E-state index in [0.717, 1.165) is 16.5 Å². The summed E-state index contributed by atoms with van der Waals surface area (Å²) in [5, 5.41) is 13.4. The highest BCUT2D eigenvalue weighted by Crippen LogP contribution is 2.35. The first kappa shape index (κ1) is 16.5. The topological polar surface area (TPSA) is 93.6 Å². The van der Waals surface area contributed by atoms with E-state index in [1.165, 1.54) is 26.6 Å². The summed E-state index contributed by atoms with van der Waals surface area (Å²) >= 11 is 0. The van der Waals surface area contributed by atoms with Gasteiger partial charge in [-0.15, -0.1) is 0 Å². The van der Waals surface area contributed by atoms with Crippen molar-refractivity contribution in [2.45, 2.75) is 6.92 Å². The van der Waals surface area contributed by atoms with Crippen LogP contribution in [0.15, 0.2) is 36.7 Å². The molecule has 1 aromatic heterocycles. The Kier molecular flexibility index (Phi) is 4.38. The second-order valence-electron chi connectivity index (χ2n) is 5.43. The Balaban J connectivity index is 2.14. The summed E-state index contributed by atoms with van der Waals surface area (Å²) in [6.45, 7) is 1.97. The number of aryl methyl sites for hydroxylation is 1. The molecule has 0 atom stereocenters. The Morgan fingerprint density at radius 2 is 1.80 bits per heavy atom. The molecular weight excluding hydrogens is 322 g/mol. The lowest BCUT2D eigenvalue weighted by Crippen LogP contribution is -2.06. The van der Waals surface area contributed by atoms with Gasteiger partial charge in [0.1, 0.15) is 12.1 Å². The molecule has 0 amide bonds. The fraction of sp³-hybridized carbons (Fsp3) is 0.167.